The van der Waals surface area contributed by atoms with Gasteiger partial charge in [-0.15, -0.1) is 0 Å². The van der Waals surface area contributed by atoms with Crippen LogP contribution in [0.1, 0.15) is 17.7 Å². The molecule has 1 aromatic carbocycles. The summed E-state index contributed by atoms with van der Waals surface area (Å²) in [5, 5.41) is 5.68. The first-order valence-electron chi connectivity index (χ1n) is 7.32. The Morgan fingerprint density at radius 1 is 1.14 bits per heavy atom. The number of nitrogens with one attached hydrogen (secondary N) is 2. The van der Waals surface area contributed by atoms with Crippen molar-refractivity contribution in [2.24, 2.45) is 11.8 Å². The minimum Gasteiger partial charge on any atom is -0.467 e. The minimum absolute atomic E-state index is 0.0903. The Morgan fingerprint density at radius 2 is 1.91 bits per heavy atom. The van der Waals surface area contributed by atoms with Gasteiger partial charge in [-0.1, -0.05) is 18.2 Å². The Balaban J connectivity index is 1.50. The molecule has 1 aromatic heterocycles. The molecule has 1 aliphatic carbocycles. The van der Waals surface area contributed by atoms with E-state index < -0.39 is 0 Å². The van der Waals surface area contributed by atoms with Crippen LogP contribution in [0.2, 0.25) is 0 Å². The summed E-state index contributed by atoms with van der Waals surface area (Å²) < 4.78 is 5.16. The van der Waals surface area contributed by atoms with E-state index >= 15 is 0 Å². The lowest BCUT2D eigenvalue weighted by atomic mass is 10.2. The van der Waals surface area contributed by atoms with E-state index in [4.69, 9.17) is 4.42 Å². The number of carbonyl (C=O) groups excluding carboxylic acids is 2. The summed E-state index contributed by atoms with van der Waals surface area (Å²) in [4.78, 5) is 24.2. The number of para-hydroxylation sites is 1. The SMILES string of the molecule is Cc1ccccc1NC(=O)C1CC1C(=O)NCc1ccco1. The van der Waals surface area contributed by atoms with E-state index in [1.54, 1.807) is 18.4 Å². The lowest BCUT2D eigenvalue weighted by Gasteiger charge is -2.08. The standard InChI is InChI=1S/C17H18N2O3/c1-11-5-2-3-7-15(11)19-17(21)14-9-13(14)16(20)18-10-12-6-4-8-22-12/h2-8,13-14H,9-10H2,1H3,(H,18,20)(H,19,21). The fraction of sp³-hybridized carbons (Fsp3) is 0.294. The number of rotatable bonds is 5. The molecule has 5 heteroatoms. The Hall–Kier alpha value is -2.56. The van der Waals surface area contributed by atoms with Crippen LogP contribution in [0.5, 0.6) is 0 Å². The van der Waals surface area contributed by atoms with Crippen molar-refractivity contribution in [1.82, 2.24) is 5.32 Å². The molecule has 0 aliphatic heterocycles. The van der Waals surface area contributed by atoms with Gasteiger partial charge in [0.2, 0.25) is 11.8 Å². The molecule has 0 radical (unpaired) electrons. The molecule has 5 nitrogen and oxygen atoms in total. The van der Waals surface area contributed by atoms with Crippen molar-refractivity contribution in [2.75, 3.05) is 5.32 Å². The number of amides is 2. The van der Waals surface area contributed by atoms with Crippen LogP contribution in [0.25, 0.3) is 0 Å². The first-order valence-corrected chi connectivity index (χ1v) is 7.32. The molecule has 1 fully saturated rings. The molecule has 0 spiro atoms. The summed E-state index contributed by atoms with van der Waals surface area (Å²) in [5.74, 6) is 0.0406. The van der Waals surface area contributed by atoms with Crippen LogP contribution in [-0.2, 0) is 16.1 Å². The van der Waals surface area contributed by atoms with Gasteiger partial charge in [0.05, 0.1) is 24.6 Å². The fourth-order valence-corrected chi connectivity index (χ4v) is 2.43. The van der Waals surface area contributed by atoms with Crippen molar-refractivity contribution in [3.8, 4) is 0 Å². The van der Waals surface area contributed by atoms with Gasteiger partial charge in [-0.3, -0.25) is 9.59 Å². The second-order valence-electron chi connectivity index (χ2n) is 5.55. The second kappa shape index (κ2) is 6.05. The van der Waals surface area contributed by atoms with E-state index in [0.29, 0.717) is 18.7 Å². The molecule has 2 aromatic rings. The smallest absolute Gasteiger partial charge is 0.228 e. The highest BCUT2D eigenvalue weighted by Gasteiger charge is 2.48. The third-order valence-electron chi connectivity index (χ3n) is 3.88. The minimum atomic E-state index is -0.240. The molecule has 114 valence electrons. The Labute approximate surface area is 128 Å². The number of anilines is 1. The number of benzene rings is 1. The van der Waals surface area contributed by atoms with Gasteiger partial charge >= 0.3 is 0 Å². The summed E-state index contributed by atoms with van der Waals surface area (Å²) >= 11 is 0. The van der Waals surface area contributed by atoms with Crippen LogP contribution in [-0.4, -0.2) is 11.8 Å². The molecule has 2 N–H and O–H groups in total. The van der Waals surface area contributed by atoms with Gasteiger partial charge in [-0.05, 0) is 37.1 Å². The predicted octanol–water partition coefficient (Wildman–Crippen LogP) is 2.48. The summed E-state index contributed by atoms with van der Waals surface area (Å²) in [7, 11) is 0. The lowest BCUT2D eigenvalue weighted by Crippen LogP contribution is -2.27. The topological polar surface area (TPSA) is 71.3 Å². The molecule has 1 heterocycles. The number of hydrogen-bond acceptors (Lipinski definition) is 3. The molecule has 3 rings (SSSR count). The van der Waals surface area contributed by atoms with Crippen molar-refractivity contribution in [1.29, 1.82) is 0 Å². The van der Waals surface area contributed by atoms with Crippen LogP contribution < -0.4 is 10.6 Å². The maximum Gasteiger partial charge on any atom is 0.228 e. The van der Waals surface area contributed by atoms with Gasteiger partial charge in [0.15, 0.2) is 0 Å². The van der Waals surface area contributed by atoms with Crippen molar-refractivity contribution >= 4 is 17.5 Å². The average Bonchev–Trinajstić information content (AvgIpc) is 3.15. The van der Waals surface area contributed by atoms with Gasteiger partial charge in [0.1, 0.15) is 5.76 Å². The van der Waals surface area contributed by atoms with Crippen LogP contribution >= 0.6 is 0 Å². The molecule has 0 bridgehead atoms. The largest absolute Gasteiger partial charge is 0.467 e. The molecule has 2 unspecified atom stereocenters. The summed E-state index contributed by atoms with van der Waals surface area (Å²) in [6, 6.07) is 11.2. The summed E-state index contributed by atoms with van der Waals surface area (Å²) in [5.41, 5.74) is 1.81. The van der Waals surface area contributed by atoms with E-state index in [0.717, 1.165) is 11.3 Å². The molecule has 2 amide bonds. The van der Waals surface area contributed by atoms with Crippen molar-refractivity contribution in [3.05, 3.63) is 54.0 Å². The lowest BCUT2D eigenvalue weighted by molar-refractivity contribution is -0.125. The van der Waals surface area contributed by atoms with E-state index in [2.05, 4.69) is 10.6 Å². The zero-order chi connectivity index (χ0) is 15.5. The number of aryl methyl sites for hydroxylation is 1. The Bertz CT molecular complexity index is 679. The predicted molar refractivity (Wildman–Crippen MR) is 82.0 cm³/mol. The van der Waals surface area contributed by atoms with Gasteiger partial charge in [0, 0.05) is 5.69 Å². The highest BCUT2D eigenvalue weighted by atomic mass is 16.3. The molecule has 1 saturated carbocycles. The normalized spacial score (nSPS) is 19.5. The van der Waals surface area contributed by atoms with Crippen LogP contribution in [0.3, 0.4) is 0 Å². The first-order chi connectivity index (χ1) is 10.6. The van der Waals surface area contributed by atoms with Crippen LogP contribution in [0.4, 0.5) is 5.69 Å². The number of carbonyl (C=O) groups is 2. The third kappa shape index (κ3) is 3.19. The van der Waals surface area contributed by atoms with Gasteiger partial charge in [-0.2, -0.15) is 0 Å². The van der Waals surface area contributed by atoms with E-state index in [-0.39, 0.29) is 23.7 Å². The molecular formula is C17H18N2O3. The molecule has 1 aliphatic rings. The average molecular weight is 298 g/mol. The maximum absolute atomic E-state index is 12.2. The molecule has 2 atom stereocenters. The van der Waals surface area contributed by atoms with Gasteiger partial charge < -0.3 is 15.1 Å². The third-order valence-corrected chi connectivity index (χ3v) is 3.88. The first kappa shape index (κ1) is 14.4. The molecular weight excluding hydrogens is 280 g/mol. The zero-order valence-electron chi connectivity index (χ0n) is 12.3. The second-order valence-corrected chi connectivity index (χ2v) is 5.55. The quantitative estimate of drug-likeness (QED) is 0.891. The van der Waals surface area contributed by atoms with Crippen molar-refractivity contribution in [3.63, 3.8) is 0 Å². The van der Waals surface area contributed by atoms with Crippen molar-refractivity contribution in [2.45, 2.75) is 19.9 Å². The van der Waals surface area contributed by atoms with Gasteiger partial charge in [0.25, 0.3) is 0 Å². The zero-order valence-corrected chi connectivity index (χ0v) is 12.3. The summed E-state index contributed by atoms with van der Waals surface area (Å²) in [6.07, 6.45) is 2.17. The summed E-state index contributed by atoms with van der Waals surface area (Å²) in [6.45, 7) is 2.30. The van der Waals surface area contributed by atoms with E-state index in [1.807, 2.05) is 31.2 Å². The van der Waals surface area contributed by atoms with Crippen molar-refractivity contribution < 1.29 is 14.0 Å². The highest BCUT2D eigenvalue weighted by Crippen LogP contribution is 2.39. The monoisotopic (exact) mass is 298 g/mol. The maximum atomic E-state index is 12.2. The van der Waals surface area contributed by atoms with Crippen LogP contribution in [0, 0.1) is 18.8 Å². The van der Waals surface area contributed by atoms with E-state index in [9.17, 15) is 9.59 Å². The molecule has 0 saturated heterocycles. The van der Waals surface area contributed by atoms with Crippen LogP contribution in [0.15, 0.2) is 47.1 Å². The van der Waals surface area contributed by atoms with E-state index in [1.165, 1.54) is 0 Å². The van der Waals surface area contributed by atoms with Gasteiger partial charge in [-0.25, -0.2) is 0 Å². The number of hydrogen-bond donors (Lipinski definition) is 2. The number of furan rings is 1. The Morgan fingerprint density at radius 3 is 2.64 bits per heavy atom. The Kier molecular flexibility index (Phi) is 3.96. The molecule has 22 heavy (non-hydrogen) atoms. The highest BCUT2D eigenvalue weighted by molar-refractivity contribution is 5.99. The fourth-order valence-electron chi connectivity index (χ4n) is 2.43.